The van der Waals surface area contributed by atoms with Crippen molar-refractivity contribution in [1.82, 2.24) is 0 Å². The molecule has 10 heteroatoms. The number of hydrogen-bond acceptors (Lipinski definition) is 7. The SMILES string of the molecule is O=C(COC(=O)/C(=C/c1cccs1)c1cccs1)Nc1ccc(F)cc1[N+](=O)[O-]. The van der Waals surface area contributed by atoms with Gasteiger partial charge in [0.2, 0.25) is 0 Å². The van der Waals surface area contributed by atoms with Gasteiger partial charge in [0.1, 0.15) is 11.5 Å². The van der Waals surface area contributed by atoms with Crippen LogP contribution in [0.4, 0.5) is 15.8 Å². The number of ether oxygens (including phenoxy) is 1. The van der Waals surface area contributed by atoms with E-state index in [9.17, 15) is 24.1 Å². The summed E-state index contributed by atoms with van der Waals surface area (Å²) >= 11 is 2.79. The molecule has 2 aromatic heterocycles. The Labute approximate surface area is 172 Å². The van der Waals surface area contributed by atoms with Crippen LogP contribution in [0.2, 0.25) is 0 Å². The van der Waals surface area contributed by atoms with Crippen LogP contribution in [0.15, 0.2) is 53.2 Å². The van der Waals surface area contributed by atoms with Crippen LogP contribution in [0.1, 0.15) is 9.75 Å². The minimum atomic E-state index is -0.816. The molecular formula is C19H13FN2O5S2. The Morgan fingerprint density at radius 3 is 2.59 bits per heavy atom. The van der Waals surface area contributed by atoms with Crippen molar-refractivity contribution in [1.29, 1.82) is 0 Å². The minimum Gasteiger partial charge on any atom is -0.452 e. The summed E-state index contributed by atoms with van der Waals surface area (Å²) in [7, 11) is 0. The highest BCUT2D eigenvalue weighted by atomic mass is 32.1. The fourth-order valence-electron chi connectivity index (χ4n) is 2.33. The number of hydrogen-bond donors (Lipinski definition) is 1. The highest BCUT2D eigenvalue weighted by Gasteiger charge is 2.20. The van der Waals surface area contributed by atoms with E-state index in [1.165, 1.54) is 22.7 Å². The summed E-state index contributed by atoms with van der Waals surface area (Å²) in [6.07, 6.45) is 1.67. The number of nitro benzene ring substituents is 1. The van der Waals surface area contributed by atoms with Gasteiger partial charge in [-0.1, -0.05) is 12.1 Å². The molecule has 0 fully saturated rings. The lowest BCUT2D eigenvalue weighted by Gasteiger charge is -2.08. The lowest BCUT2D eigenvalue weighted by Crippen LogP contribution is -2.21. The van der Waals surface area contributed by atoms with Crippen LogP contribution in [0.25, 0.3) is 11.6 Å². The Bertz CT molecular complexity index is 1060. The fourth-order valence-corrected chi connectivity index (χ4v) is 3.72. The maximum Gasteiger partial charge on any atom is 0.340 e. The van der Waals surface area contributed by atoms with Gasteiger partial charge in [0.15, 0.2) is 6.61 Å². The standard InChI is InChI=1S/C19H13FN2O5S2/c20-12-5-6-15(16(9-12)22(25)26)21-18(23)11-27-19(24)14(17-4-2-8-29-17)10-13-3-1-7-28-13/h1-10H,11H2,(H,21,23)/b14-10+. The lowest BCUT2D eigenvalue weighted by atomic mass is 10.2. The average Bonchev–Trinajstić information content (AvgIpc) is 3.39. The predicted molar refractivity (Wildman–Crippen MR) is 109 cm³/mol. The number of carbonyl (C=O) groups excluding carboxylic acids is 2. The van der Waals surface area contributed by atoms with Gasteiger partial charge in [0.05, 0.1) is 16.6 Å². The number of nitro groups is 1. The van der Waals surface area contributed by atoms with Crippen LogP contribution in [0, 0.1) is 15.9 Å². The van der Waals surface area contributed by atoms with Gasteiger partial charge in [0, 0.05) is 9.75 Å². The number of thiophene rings is 2. The van der Waals surface area contributed by atoms with E-state index in [1.807, 2.05) is 22.9 Å². The average molecular weight is 432 g/mol. The summed E-state index contributed by atoms with van der Waals surface area (Å²) in [5.41, 5.74) is -0.491. The zero-order valence-electron chi connectivity index (χ0n) is 14.7. The molecule has 0 atom stereocenters. The number of rotatable bonds is 7. The summed E-state index contributed by atoms with van der Waals surface area (Å²) < 4.78 is 18.3. The van der Waals surface area contributed by atoms with E-state index in [0.29, 0.717) is 16.5 Å². The molecule has 1 N–H and O–H groups in total. The summed E-state index contributed by atoms with van der Waals surface area (Å²) in [5, 5.41) is 16.9. The van der Waals surface area contributed by atoms with Crippen molar-refractivity contribution in [3.05, 3.63) is 78.9 Å². The van der Waals surface area contributed by atoms with E-state index in [1.54, 1.807) is 18.2 Å². The van der Waals surface area contributed by atoms with Crippen molar-refractivity contribution in [2.75, 3.05) is 11.9 Å². The van der Waals surface area contributed by atoms with Crippen LogP contribution in [-0.2, 0) is 14.3 Å². The number of nitrogens with zero attached hydrogens (tertiary/aromatic N) is 1. The second-order valence-electron chi connectivity index (χ2n) is 5.59. The highest BCUT2D eigenvalue weighted by molar-refractivity contribution is 7.12. The Hall–Kier alpha value is -3.37. The number of carbonyl (C=O) groups is 2. The van der Waals surface area contributed by atoms with E-state index in [4.69, 9.17) is 4.74 Å². The molecule has 7 nitrogen and oxygen atoms in total. The molecule has 29 heavy (non-hydrogen) atoms. The molecule has 2 heterocycles. The van der Waals surface area contributed by atoms with E-state index < -0.39 is 34.9 Å². The van der Waals surface area contributed by atoms with Crippen LogP contribution in [0.5, 0.6) is 0 Å². The van der Waals surface area contributed by atoms with Gasteiger partial charge in [0.25, 0.3) is 11.6 Å². The molecule has 1 aromatic carbocycles. The molecular weight excluding hydrogens is 419 g/mol. The largest absolute Gasteiger partial charge is 0.452 e. The third-order valence-electron chi connectivity index (χ3n) is 3.60. The maximum atomic E-state index is 13.2. The van der Waals surface area contributed by atoms with E-state index in [-0.39, 0.29) is 5.69 Å². The monoisotopic (exact) mass is 432 g/mol. The molecule has 0 bridgehead atoms. The van der Waals surface area contributed by atoms with Gasteiger partial charge < -0.3 is 10.1 Å². The molecule has 3 aromatic rings. The zero-order chi connectivity index (χ0) is 20.8. The number of halogens is 1. The number of benzene rings is 1. The highest BCUT2D eigenvalue weighted by Crippen LogP contribution is 2.27. The number of anilines is 1. The molecule has 1 amide bonds. The quantitative estimate of drug-likeness (QED) is 0.255. The molecule has 0 aliphatic rings. The Kier molecular flexibility index (Phi) is 6.47. The molecule has 0 saturated heterocycles. The van der Waals surface area contributed by atoms with Crippen molar-refractivity contribution in [2.24, 2.45) is 0 Å². The van der Waals surface area contributed by atoms with Gasteiger partial charge in [-0.25, -0.2) is 9.18 Å². The molecule has 0 saturated carbocycles. The molecule has 0 aliphatic carbocycles. The summed E-state index contributed by atoms with van der Waals surface area (Å²) in [6.45, 7) is -0.652. The summed E-state index contributed by atoms with van der Waals surface area (Å²) in [6, 6.07) is 9.97. The van der Waals surface area contributed by atoms with Gasteiger partial charge in [-0.15, -0.1) is 22.7 Å². The van der Waals surface area contributed by atoms with Gasteiger partial charge >= 0.3 is 5.97 Å². The van der Waals surface area contributed by atoms with Crippen LogP contribution in [0.3, 0.4) is 0 Å². The molecule has 0 spiro atoms. The third kappa shape index (κ3) is 5.33. The Morgan fingerprint density at radius 2 is 1.93 bits per heavy atom. The second-order valence-corrected chi connectivity index (χ2v) is 7.52. The van der Waals surface area contributed by atoms with Crippen molar-refractivity contribution >= 4 is 57.6 Å². The molecule has 0 unspecified atom stereocenters. The lowest BCUT2D eigenvalue weighted by molar-refractivity contribution is -0.384. The van der Waals surface area contributed by atoms with Gasteiger partial charge in [-0.3, -0.25) is 14.9 Å². The second kappa shape index (κ2) is 9.22. The first kappa shape index (κ1) is 20.4. The van der Waals surface area contributed by atoms with E-state index in [0.717, 1.165) is 17.0 Å². The fraction of sp³-hybridized carbons (Fsp3) is 0.0526. The van der Waals surface area contributed by atoms with Crippen molar-refractivity contribution in [3.8, 4) is 0 Å². The molecule has 0 radical (unpaired) electrons. The summed E-state index contributed by atoms with van der Waals surface area (Å²) in [4.78, 5) is 36.3. The Balaban J connectivity index is 1.69. The summed E-state index contributed by atoms with van der Waals surface area (Å²) in [5.74, 6) is -2.29. The number of nitrogens with one attached hydrogen (secondary N) is 1. The smallest absolute Gasteiger partial charge is 0.340 e. The van der Waals surface area contributed by atoms with Crippen molar-refractivity contribution in [3.63, 3.8) is 0 Å². The Morgan fingerprint density at radius 1 is 1.17 bits per heavy atom. The first-order valence-corrected chi connectivity index (χ1v) is 9.90. The van der Waals surface area contributed by atoms with E-state index >= 15 is 0 Å². The van der Waals surface area contributed by atoms with Crippen LogP contribution < -0.4 is 5.32 Å². The van der Waals surface area contributed by atoms with Crippen molar-refractivity contribution in [2.45, 2.75) is 0 Å². The topological polar surface area (TPSA) is 98.5 Å². The predicted octanol–water partition coefficient (Wildman–Crippen LogP) is 4.58. The molecule has 0 aliphatic heterocycles. The maximum absolute atomic E-state index is 13.2. The van der Waals surface area contributed by atoms with Gasteiger partial charge in [-0.05, 0) is 41.1 Å². The first-order chi connectivity index (χ1) is 13.9. The normalized spacial score (nSPS) is 11.1. The molecule has 148 valence electrons. The van der Waals surface area contributed by atoms with Crippen LogP contribution >= 0.6 is 22.7 Å². The molecule has 3 rings (SSSR count). The minimum absolute atomic E-state index is 0.190. The zero-order valence-corrected chi connectivity index (χ0v) is 16.3. The third-order valence-corrected chi connectivity index (χ3v) is 5.32. The number of esters is 1. The number of amides is 1. The van der Waals surface area contributed by atoms with Crippen LogP contribution in [-0.4, -0.2) is 23.4 Å². The van der Waals surface area contributed by atoms with E-state index in [2.05, 4.69) is 5.32 Å². The van der Waals surface area contributed by atoms with Crippen molar-refractivity contribution < 1.29 is 23.6 Å². The van der Waals surface area contributed by atoms with Gasteiger partial charge in [-0.2, -0.15) is 0 Å². The first-order valence-electron chi connectivity index (χ1n) is 8.14.